The van der Waals surface area contributed by atoms with Crippen molar-refractivity contribution in [1.29, 1.82) is 0 Å². The Morgan fingerprint density at radius 3 is 1.76 bits per heavy atom. The lowest BCUT2D eigenvalue weighted by Gasteiger charge is -2.56. The summed E-state index contributed by atoms with van der Waals surface area (Å²) in [6.07, 6.45) is 7.53. The third-order valence-electron chi connectivity index (χ3n) is 8.18. The summed E-state index contributed by atoms with van der Waals surface area (Å²) in [5.74, 6) is 2.30. The molecule has 4 aliphatic rings. The average Bonchev–Trinajstić information content (AvgIpc) is 2.77. The SMILES string of the molecule is CCC(C)c1ccc(S(=O)(=O)Nc2ccc(S(=O)(=O)NC34CC5CC(CC(C5)C3)C4)cc2)cc1. The highest BCUT2D eigenvalue weighted by Crippen LogP contribution is 2.56. The van der Waals surface area contributed by atoms with Crippen LogP contribution in [0.25, 0.3) is 0 Å². The Hall–Kier alpha value is -1.90. The molecule has 2 aromatic rings. The van der Waals surface area contributed by atoms with Crippen LogP contribution >= 0.6 is 0 Å². The predicted molar refractivity (Wildman–Crippen MR) is 134 cm³/mol. The molecule has 2 aromatic carbocycles. The van der Waals surface area contributed by atoms with Crippen LogP contribution in [-0.2, 0) is 20.0 Å². The third kappa shape index (κ3) is 4.64. The Morgan fingerprint density at radius 1 is 0.794 bits per heavy atom. The number of hydrogen-bond donors (Lipinski definition) is 2. The maximum atomic E-state index is 13.2. The summed E-state index contributed by atoms with van der Waals surface area (Å²) in [4.78, 5) is 0.351. The number of anilines is 1. The summed E-state index contributed by atoms with van der Waals surface area (Å²) in [5.41, 5.74) is 1.12. The van der Waals surface area contributed by atoms with E-state index in [1.807, 2.05) is 12.1 Å². The van der Waals surface area contributed by atoms with Crippen LogP contribution in [0.5, 0.6) is 0 Å². The summed E-state index contributed by atoms with van der Waals surface area (Å²) in [7, 11) is -7.44. The topological polar surface area (TPSA) is 92.3 Å². The van der Waals surface area contributed by atoms with Crippen LogP contribution in [-0.4, -0.2) is 22.4 Å². The molecule has 4 bridgehead atoms. The molecule has 0 heterocycles. The smallest absolute Gasteiger partial charge is 0.261 e. The van der Waals surface area contributed by atoms with Gasteiger partial charge in [-0.3, -0.25) is 4.72 Å². The van der Waals surface area contributed by atoms with Crippen molar-refractivity contribution in [3.63, 3.8) is 0 Å². The molecule has 0 radical (unpaired) electrons. The zero-order valence-electron chi connectivity index (χ0n) is 19.8. The highest BCUT2D eigenvalue weighted by atomic mass is 32.2. The molecule has 4 saturated carbocycles. The molecule has 0 aliphatic heterocycles. The lowest BCUT2D eigenvalue weighted by atomic mass is 9.53. The zero-order chi connectivity index (χ0) is 24.1. The van der Waals surface area contributed by atoms with E-state index in [0.29, 0.717) is 29.4 Å². The number of nitrogens with one attached hydrogen (secondary N) is 2. The fourth-order valence-corrected chi connectivity index (χ4v) is 9.20. The first-order valence-corrected chi connectivity index (χ1v) is 15.3. The van der Waals surface area contributed by atoms with Gasteiger partial charge >= 0.3 is 0 Å². The van der Waals surface area contributed by atoms with Crippen molar-refractivity contribution >= 4 is 25.7 Å². The molecule has 1 unspecified atom stereocenters. The molecule has 0 aromatic heterocycles. The second-order valence-electron chi connectivity index (χ2n) is 10.8. The van der Waals surface area contributed by atoms with Gasteiger partial charge < -0.3 is 0 Å². The van der Waals surface area contributed by atoms with Gasteiger partial charge in [-0.1, -0.05) is 26.0 Å². The second kappa shape index (κ2) is 8.64. The van der Waals surface area contributed by atoms with Gasteiger partial charge in [0.15, 0.2) is 0 Å². The molecule has 34 heavy (non-hydrogen) atoms. The van der Waals surface area contributed by atoms with E-state index in [-0.39, 0.29) is 15.3 Å². The van der Waals surface area contributed by atoms with Gasteiger partial charge in [0.2, 0.25) is 10.0 Å². The largest absolute Gasteiger partial charge is 0.280 e. The van der Waals surface area contributed by atoms with E-state index in [1.165, 1.54) is 43.5 Å². The van der Waals surface area contributed by atoms with E-state index in [9.17, 15) is 16.8 Å². The second-order valence-corrected chi connectivity index (χ2v) is 14.2. The van der Waals surface area contributed by atoms with Crippen LogP contribution in [0.4, 0.5) is 5.69 Å². The van der Waals surface area contributed by atoms with Crippen LogP contribution in [0.2, 0.25) is 0 Å². The quantitative estimate of drug-likeness (QED) is 0.516. The standard InChI is InChI=1S/C26H34N2O4S2/c1-3-18(2)22-4-8-24(9-5-22)33(29,30)27-23-6-10-25(11-7-23)34(31,32)28-26-15-19-12-20(16-26)14-21(13-19)17-26/h4-11,18-21,27-28H,3,12-17H2,1-2H3. The van der Waals surface area contributed by atoms with Gasteiger partial charge in [-0.15, -0.1) is 0 Å². The van der Waals surface area contributed by atoms with Crippen molar-refractivity contribution in [1.82, 2.24) is 4.72 Å². The van der Waals surface area contributed by atoms with E-state index in [0.717, 1.165) is 31.2 Å². The molecular weight excluding hydrogens is 468 g/mol. The minimum atomic E-state index is -3.76. The van der Waals surface area contributed by atoms with E-state index >= 15 is 0 Å². The van der Waals surface area contributed by atoms with E-state index in [4.69, 9.17) is 0 Å². The highest BCUT2D eigenvalue weighted by molar-refractivity contribution is 7.92. The summed E-state index contributed by atoms with van der Waals surface area (Å²) in [6, 6.07) is 12.9. The normalized spacial score (nSPS) is 29.2. The zero-order valence-corrected chi connectivity index (χ0v) is 21.5. The minimum absolute atomic E-state index is 0.170. The first-order valence-electron chi connectivity index (χ1n) is 12.3. The van der Waals surface area contributed by atoms with Crippen molar-refractivity contribution in [3.05, 3.63) is 54.1 Å². The molecule has 0 amide bonds. The first-order chi connectivity index (χ1) is 16.1. The van der Waals surface area contributed by atoms with Crippen LogP contribution in [0.3, 0.4) is 0 Å². The molecule has 0 saturated heterocycles. The molecule has 0 spiro atoms. The fraction of sp³-hybridized carbons (Fsp3) is 0.538. The molecule has 8 heteroatoms. The summed E-state index contributed by atoms with van der Waals surface area (Å²) >= 11 is 0. The highest BCUT2D eigenvalue weighted by Gasteiger charge is 2.52. The molecule has 2 N–H and O–H groups in total. The lowest BCUT2D eigenvalue weighted by Crippen LogP contribution is -2.59. The predicted octanol–water partition coefficient (Wildman–Crippen LogP) is 5.25. The summed E-state index contributed by atoms with van der Waals surface area (Å²) < 4.78 is 57.6. The van der Waals surface area contributed by atoms with Crippen molar-refractivity contribution in [3.8, 4) is 0 Å². The monoisotopic (exact) mass is 502 g/mol. The van der Waals surface area contributed by atoms with E-state index in [2.05, 4.69) is 23.3 Å². The minimum Gasteiger partial charge on any atom is -0.280 e. The van der Waals surface area contributed by atoms with Gasteiger partial charge in [-0.05, 0) is 111 Å². The lowest BCUT2D eigenvalue weighted by molar-refractivity contribution is -0.00810. The van der Waals surface area contributed by atoms with E-state index < -0.39 is 20.0 Å². The van der Waals surface area contributed by atoms with Gasteiger partial charge in [-0.25, -0.2) is 21.6 Å². The molecule has 6 rings (SSSR count). The number of rotatable bonds is 8. The molecule has 1 atom stereocenters. The molecular formula is C26H34N2O4S2. The van der Waals surface area contributed by atoms with E-state index in [1.54, 1.807) is 12.1 Å². The Kier molecular flexibility index (Phi) is 6.06. The number of hydrogen-bond acceptors (Lipinski definition) is 4. The Bertz CT molecular complexity index is 1220. The van der Waals surface area contributed by atoms with Gasteiger partial charge in [0.25, 0.3) is 10.0 Å². The van der Waals surface area contributed by atoms with Crippen molar-refractivity contribution in [2.45, 2.75) is 80.0 Å². The Morgan fingerprint density at radius 2 is 1.26 bits per heavy atom. The van der Waals surface area contributed by atoms with Gasteiger partial charge in [0.05, 0.1) is 9.79 Å². The number of benzene rings is 2. The fourth-order valence-electron chi connectivity index (χ4n) is 6.71. The molecule has 6 nitrogen and oxygen atoms in total. The maximum Gasteiger partial charge on any atom is 0.261 e. The molecule has 184 valence electrons. The maximum absolute atomic E-state index is 13.2. The van der Waals surface area contributed by atoms with Crippen LogP contribution in [0.15, 0.2) is 58.3 Å². The van der Waals surface area contributed by atoms with Gasteiger partial charge in [-0.2, -0.15) is 0 Å². The summed E-state index contributed by atoms with van der Waals surface area (Å²) in [5, 5.41) is 0. The Labute approximate surface area is 203 Å². The number of sulfonamides is 2. The van der Waals surface area contributed by atoms with Crippen molar-refractivity contribution < 1.29 is 16.8 Å². The van der Waals surface area contributed by atoms with Crippen molar-refractivity contribution in [2.24, 2.45) is 17.8 Å². The summed E-state index contributed by atoms with van der Waals surface area (Å²) in [6.45, 7) is 4.20. The third-order valence-corrected chi connectivity index (χ3v) is 11.2. The first kappa shape index (κ1) is 23.8. The van der Waals surface area contributed by atoms with Gasteiger partial charge in [0, 0.05) is 11.2 Å². The molecule has 4 aliphatic carbocycles. The Balaban J connectivity index is 1.29. The van der Waals surface area contributed by atoms with Crippen molar-refractivity contribution in [2.75, 3.05) is 4.72 Å². The van der Waals surface area contributed by atoms with Crippen LogP contribution in [0.1, 0.15) is 70.3 Å². The molecule has 4 fully saturated rings. The van der Waals surface area contributed by atoms with Crippen LogP contribution in [0, 0.1) is 17.8 Å². The van der Waals surface area contributed by atoms with Gasteiger partial charge in [0.1, 0.15) is 0 Å². The van der Waals surface area contributed by atoms with Crippen LogP contribution < -0.4 is 9.44 Å². The average molecular weight is 503 g/mol.